The van der Waals surface area contributed by atoms with E-state index in [1.165, 1.54) is 0 Å². The van der Waals surface area contributed by atoms with Crippen LogP contribution in [0.15, 0.2) is 39.6 Å². The van der Waals surface area contributed by atoms with Crippen LogP contribution >= 0.6 is 0 Å². The number of benzene rings is 2. The molecule has 2 aromatic carbocycles. The van der Waals surface area contributed by atoms with Crippen molar-refractivity contribution in [1.29, 1.82) is 0 Å². The maximum Gasteiger partial charge on any atom is 0.317 e. The number of rotatable bonds is 13. The monoisotopic (exact) mass is 686 g/mol. The average molecular weight is 687 g/mol. The maximum absolute atomic E-state index is 13.5. The van der Waals surface area contributed by atoms with Gasteiger partial charge < -0.3 is 30.6 Å². The van der Waals surface area contributed by atoms with E-state index in [0.29, 0.717) is 29.7 Å². The number of hydrogen-bond donors (Lipinski definition) is 3. The number of esters is 2. The molecule has 0 unspecified atom stereocenters. The van der Waals surface area contributed by atoms with E-state index >= 15 is 0 Å². The quantitative estimate of drug-likeness (QED) is 0.0915. The lowest BCUT2D eigenvalue weighted by Gasteiger charge is -2.22. The van der Waals surface area contributed by atoms with Gasteiger partial charge in [0.25, 0.3) is 15.9 Å². The molecule has 0 fully saturated rings. The summed E-state index contributed by atoms with van der Waals surface area (Å²) in [5.41, 5.74) is 8.51. The highest BCUT2D eigenvalue weighted by molar-refractivity contribution is 7.90. The molecule has 1 aliphatic heterocycles. The highest BCUT2D eigenvalue weighted by Crippen LogP contribution is 2.44. The minimum absolute atomic E-state index is 0.0645. The number of carbonyl (C=O) groups is 3. The predicted molar refractivity (Wildman–Crippen MR) is 183 cm³/mol. The van der Waals surface area contributed by atoms with Gasteiger partial charge in [0.2, 0.25) is 5.96 Å². The molecule has 0 radical (unpaired) electrons. The zero-order valence-corrected chi connectivity index (χ0v) is 30.3. The fraction of sp³-hybridized carbons (Fsp3) is 0.543. The Hall–Kier alpha value is -4.13. The Morgan fingerprint density at radius 3 is 2.31 bits per heavy atom. The van der Waals surface area contributed by atoms with Crippen molar-refractivity contribution in [3.8, 4) is 5.75 Å². The number of fused-ring (bicyclic) bond motifs is 1. The van der Waals surface area contributed by atoms with Gasteiger partial charge in [-0.25, -0.2) is 0 Å². The Morgan fingerprint density at radius 1 is 1.04 bits per heavy atom. The van der Waals surface area contributed by atoms with Crippen molar-refractivity contribution < 1.29 is 37.0 Å². The minimum atomic E-state index is -4.18. The van der Waals surface area contributed by atoms with Crippen molar-refractivity contribution in [2.24, 2.45) is 10.1 Å². The molecule has 0 aromatic heterocycles. The number of nitrogens with one attached hydrogen (secondary N) is 2. The van der Waals surface area contributed by atoms with Crippen molar-refractivity contribution in [1.82, 2.24) is 10.6 Å². The van der Waals surface area contributed by atoms with Gasteiger partial charge >= 0.3 is 11.9 Å². The molecule has 0 spiro atoms. The van der Waals surface area contributed by atoms with Gasteiger partial charge in [0.15, 0.2) is 6.10 Å². The molecule has 0 bridgehead atoms. The predicted octanol–water partition coefficient (Wildman–Crippen LogP) is 4.09. The van der Waals surface area contributed by atoms with E-state index < -0.39 is 51.6 Å². The molecule has 13 heteroatoms. The van der Waals surface area contributed by atoms with E-state index in [4.69, 9.17) is 19.9 Å². The Bertz CT molecular complexity index is 1650. The molecule has 264 valence electrons. The number of ether oxygens (including phenoxy) is 3. The first-order valence-electron chi connectivity index (χ1n) is 16.1. The molecule has 2 atom stereocenters. The molecule has 12 nitrogen and oxygen atoms in total. The van der Waals surface area contributed by atoms with Gasteiger partial charge in [-0.3, -0.25) is 14.4 Å². The third kappa shape index (κ3) is 10.7. The average Bonchev–Trinajstić information content (AvgIpc) is 3.28. The second-order valence-corrected chi connectivity index (χ2v) is 15.5. The van der Waals surface area contributed by atoms with E-state index in [9.17, 15) is 22.8 Å². The summed E-state index contributed by atoms with van der Waals surface area (Å²) in [6, 6.07) is 9.33. The Labute approximate surface area is 284 Å². The van der Waals surface area contributed by atoms with Gasteiger partial charge in [-0.2, -0.15) is 8.42 Å². The van der Waals surface area contributed by atoms with Crippen LogP contribution in [0.4, 0.5) is 0 Å². The van der Waals surface area contributed by atoms with Crippen molar-refractivity contribution in [2.75, 3.05) is 6.54 Å². The molecule has 4 N–H and O–H groups in total. The summed E-state index contributed by atoms with van der Waals surface area (Å²) in [6.07, 6.45) is -0.425. The largest absolute Gasteiger partial charge is 0.487 e. The van der Waals surface area contributed by atoms with E-state index in [2.05, 4.69) is 15.0 Å². The third-order valence-electron chi connectivity index (χ3n) is 7.77. The summed E-state index contributed by atoms with van der Waals surface area (Å²) in [5, 5.41) is 5.66. The zero-order chi connectivity index (χ0) is 36.0. The molecule has 48 heavy (non-hydrogen) atoms. The van der Waals surface area contributed by atoms with Crippen molar-refractivity contribution in [3.05, 3.63) is 58.1 Å². The lowest BCUT2D eigenvalue weighted by atomic mass is 9.94. The molecule has 0 aliphatic carbocycles. The van der Waals surface area contributed by atoms with Crippen LogP contribution in [-0.4, -0.2) is 62.1 Å². The summed E-state index contributed by atoms with van der Waals surface area (Å²) in [7, 11) is -4.18. The fourth-order valence-corrected chi connectivity index (χ4v) is 7.10. The molecule has 2 aromatic rings. The van der Waals surface area contributed by atoms with E-state index in [1.54, 1.807) is 34.6 Å². The SMILES string of the molecule is Cc1c(C)c(S(=O)(=O)/N=C(\N)NCCC[C@H](OC(=O)CC(=O)OC(C)(C)C)C(=O)N[C@@H](C)Cc2ccccc2)c(C)c2c1OC(C)(C)C2. The molecule has 3 rings (SSSR count). The van der Waals surface area contributed by atoms with Crippen LogP contribution in [0.1, 0.15) is 88.6 Å². The van der Waals surface area contributed by atoms with E-state index in [1.807, 2.05) is 58.0 Å². The summed E-state index contributed by atoms with van der Waals surface area (Å²) >= 11 is 0. The number of nitrogens with two attached hydrogens (primary N) is 1. The Morgan fingerprint density at radius 2 is 1.69 bits per heavy atom. The molecule has 0 saturated heterocycles. The van der Waals surface area contributed by atoms with Crippen LogP contribution in [0.5, 0.6) is 5.75 Å². The number of carbonyl (C=O) groups excluding carboxylic acids is 3. The fourth-order valence-electron chi connectivity index (χ4n) is 5.64. The molecular weight excluding hydrogens is 636 g/mol. The highest BCUT2D eigenvalue weighted by Gasteiger charge is 2.36. The third-order valence-corrected chi connectivity index (χ3v) is 9.33. The first-order chi connectivity index (χ1) is 22.2. The van der Waals surface area contributed by atoms with E-state index in [0.717, 1.165) is 16.7 Å². The lowest BCUT2D eigenvalue weighted by molar-refractivity contribution is -0.166. The van der Waals surface area contributed by atoms with Crippen molar-refractivity contribution in [2.45, 2.75) is 123 Å². The summed E-state index contributed by atoms with van der Waals surface area (Å²) in [4.78, 5) is 38.1. The second-order valence-electron chi connectivity index (χ2n) is 13.9. The van der Waals surface area contributed by atoms with Crippen LogP contribution in [0.2, 0.25) is 0 Å². The van der Waals surface area contributed by atoms with Gasteiger partial charge in [-0.1, -0.05) is 30.3 Å². The van der Waals surface area contributed by atoms with Crippen molar-refractivity contribution in [3.63, 3.8) is 0 Å². The summed E-state index contributed by atoms with van der Waals surface area (Å²) in [6.45, 7) is 16.2. The van der Waals surface area contributed by atoms with Gasteiger partial charge in [0.05, 0.1) is 4.90 Å². The number of nitrogens with zero attached hydrogens (tertiary/aromatic N) is 1. The normalized spacial score (nSPS) is 15.5. The van der Waals surface area contributed by atoms with Crippen LogP contribution in [0, 0.1) is 20.8 Å². The molecule has 1 heterocycles. The topological polar surface area (TPSA) is 175 Å². The van der Waals surface area contributed by atoms with Gasteiger partial charge in [-0.05, 0) is 104 Å². The smallest absolute Gasteiger partial charge is 0.317 e. The van der Waals surface area contributed by atoms with Gasteiger partial charge in [0.1, 0.15) is 23.4 Å². The first kappa shape index (κ1) is 38.3. The number of hydrogen-bond acceptors (Lipinski definition) is 8. The summed E-state index contributed by atoms with van der Waals surface area (Å²) < 4.78 is 47.5. The first-order valence-corrected chi connectivity index (χ1v) is 17.5. The Balaban J connectivity index is 1.67. The zero-order valence-electron chi connectivity index (χ0n) is 29.5. The maximum atomic E-state index is 13.5. The van der Waals surface area contributed by atoms with Crippen LogP contribution in [0.25, 0.3) is 0 Å². The van der Waals surface area contributed by atoms with Crippen LogP contribution in [0.3, 0.4) is 0 Å². The molecule has 1 aliphatic rings. The lowest BCUT2D eigenvalue weighted by Crippen LogP contribution is -2.43. The number of guanidine groups is 1. The van der Waals surface area contributed by atoms with E-state index in [-0.39, 0.29) is 36.3 Å². The second kappa shape index (κ2) is 15.4. The number of sulfonamides is 1. The van der Waals surface area contributed by atoms with Crippen molar-refractivity contribution >= 4 is 33.8 Å². The highest BCUT2D eigenvalue weighted by atomic mass is 32.2. The van der Waals surface area contributed by atoms with Gasteiger partial charge in [-0.15, -0.1) is 4.40 Å². The van der Waals surface area contributed by atoms with Crippen LogP contribution in [-0.2, 0) is 46.7 Å². The number of amides is 1. The van der Waals surface area contributed by atoms with Gasteiger partial charge in [0, 0.05) is 24.6 Å². The van der Waals surface area contributed by atoms with Crippen LogP contribution < -0.4 is 21.1 Å². The standard InChI is InChI=1S/C35H50N4O8S/c1-21(18-25-14-11-10-12-15-25)38-32(42)27(45-28(40)19-29(41)46-34(5,6)7)16-13-17-37-33(36)39-48(43,44)31-23(3)22(2)30-26(24(31)4)20-35(8,9)47-30/h10-12,14-15,21,27H,13,16-20H2,1-9H3,(H,38,42)(H3,36,37,39)/t21-,27-/m0/s1. The Kier molecular flexibility index (Phi) is 12.3. The molecular formula is C35H50N4O8S. The molecule has 1 amide bonds. The summed E-state index contributed by atoms with van der Waals surface area (Å²) in [5.74, 6) is -1.79. The molecule has 0 saturated carbocycles. The minimum Gasteiger partial charge on any atom is -0.487 e.